The lowest BCUT2D eigenvalue weighted by atomic mass is 10.0. The zero-order valence-electron chi connectivity index (χ0n) is 7.80. The summed E-state index contributed by atoms with van der Waals surface area (Å²) >= 11 is 0. The van der Waals surface area contributed by atoms with Crippen molar-refractivity contribution in [2.75, 3.05) is 6.54 Å². The van der Waals surface area contributed by atoms with E-state index in [9.17, 15) is 0 Å². The van der Waals surface area contributed by atoms with Gasteiger partial charge in [-0.25, -0.2) is 0 Å². The van der Waals surface area contributed by atoms with Crippen LogP contribution in [0.15, 0.2) is 24.4 Å². The van der Waals surface area contributed by atoms with Crippen molar-refractivity contribution in [1.29, 1.82) is 0 Å². The van der Waals surface area contributed by atoms with Crippen LogP contribution in [0.3, 0.4) is 0 Å². The van der Waals surface area contributed by atoms with Gasteiger partial charge in [-0.2, -0.15) is 0 Å². The van der Waals surface area contributed by atoms with Crippen molar-refractivity contribution < 1.29 is 0 Å². The first-order chi connectivity index (χ1) is 6.31. The van der Waals surface area contributed by atoms with Gasteiger partial charge < -0.3 is 10.7 Å². The van der Waals surface area contributed by atoms with Crippen LogP contribution in [0.2, 0.25) is 0 Å². The predicted molar refractivity (Wildman–Crippen MR) is 55.8 cm³/mol. The molecule has 0 fully saturated rings. The van der Waals surface area contributed by atoms with Crippen LogP contribution in [0.25, 0.3) is 10.9 Å². The maximum atomic E-state index is 5.56. The molecule has 0 radical (unpaired) electrons. The normalized spacial score (nSPS) is 10.9. The lowest BCUT2D eigenvalue weighted by molar-refractivity contribution is 0.976. The molecule has 0 bridgehead atoms. The minimum Gasteiger partial charge on any atom is -0.361 e. The van der Waals surface area contributed by atoms with E-state index >= 15 is 0 Å². The van der Waals surface area contributed by atoms with E-state index in [1.165, 1.54) is 22.0 Å². The first-order valence-electron chi connectivity index (χ1n) is 4.58. The highest BCUT2D eigenvalue weighted by Gasteiger charge is 2.01. The minimum atomic E-state index is 0.712. The number of H-pyrrole nitrogens is 1. The van der Waals surface area contributed by atoms with Crippen molar-refractivity contribution >= 4 is 10.9 Å². The molecule has 0 atom stereocenters. The molecule has 1 aromatic carbocycles. The van der Waals surface area contributed by atoms with E-state index in [0.29, 0.717) is 6.54 Å². The van der Waals surface area contributed by atoms with Crippen molar-refractivity contribution in [1.82, 2.24) is 4.98 Å². The average molecular weight is 174 g/mol. The number of aryl methyl sites for hydroxylation is 1. The summed E-state index contributed by atoms with van der Waals surface area (Å²) in [5, 5.41) is 1.30. The Hall–Kier alpha value is -1.28. The lowest BCUT2D eigenvalue weighted by Gasteiger charge is -2.03. The lowest BCUT2D eigenvalue weighted by Crippen LogP contribution is -2.03. The van der Waals surface area contributed by atoms with Gasteiger partial charge >= 0.3 is 0 Å². The van der Waals surface area contributed by atoms with Gasteiger partial charge in [-0.3, -0.25) is 0 Å². The molecule has 0 aliphatic heterocycles. The molecular formula is C11H14N2. The van der Waals surface area contributed by atoms with Crippen LogP contribution in [0.5, 0.6) is 0 Å². The highest BCUT2D eigenvalue weighted by molar-refractivity contribution is 5.83. The Balaban J connectivity index is 2.63. The van der Waals surface area contributed by atoms with Gasteiger partial charge in [0.2, 0.25) is 0 Å². The highest BCUT2D eigenvalue weighted by Crippen LogP contribution is 2.19. The van der Waals surface area contributed by atoms with E-state index in [1.54, 1.807) is 0 Å². The second kappa shape index (κ2) is 3.23. The summed E-state index contributed by atoms with van der Waals surface area (Å²) in [6.07, 6.45) is 2.93. The molecule has 1 aromatic heterocycles. The van der Waals surface area contributed by atoms with E-state index in [2.05, 4.69) is 30.1 Å². The van der Waals surface area contributed by atoms with Gasteiger partial charge in [0, 0.05) is 17.1 Å². The van der Waals surface area contributed by atoms with E-state index in [1.807, 2.05) is 6.20 Å². The number of fused-ring (bicyclic) bond motifs is 1. The summed E-state index contributed by atoms with van der Waals surface area (Å²) in [5.74, 6) is 0. The smallest absolute Gasteiger partial charge is 0.0459 e. The molecule has 2 heteroatoms. The van der Waals surface area contributed by atoms with Gasteiger partial charge in [-0.1, -0.05) is 6.07 Å². The zero-order chi connectivity index (χ0) is 9.26. The topological polar surface area (TPSA) is 41.8 Å². The Morgan fingerprint density at radius 3 is 3.00 bits per heavy atom. The number of nitrogens with two attached hydrogens (primary N) is 1. The van der Waals surface area contributed by atoms with Crippen molar-refractivity contribution in [3.63, 3.8) is 0 Å². The summed E-state index contributed by atoms with van der Waals surface area (Å²) in [4.78, 5) is 3.22. The first kappa shape index (κ1) is 8.32. The van der Waals surface area contributed by atoms with Crippen LogP contribution < -0.4 is 5.73 Å². The van der Waals surface area contributed by atoms with E-state index in [0.717, 1.165) is 6.42 Å². The maximum absolute atomic E-state index is 5.56. The van der Waals surface area contributed by atoms with E-state index in [-0.39, 0.29) is 0 Å². The third-order valence-electron chi connectivity index (χ3n) is 2.31. The van der Waals surface area contributed by atoms with Crippen molar-refractivity contribution in [3.8, 4) is 0 Å². The van der Waals surface area contributed by atoms with Gasteiger partial charge in [0.25, 0.3) is 0 Å². The van der Waals surface area contributed by atoms with Gasteiger partial charge in [0.05, 0.1) is 0 Å². The highest BCUT2D eigenvalue weighted by atomic mass is 14.7. The molecule has 2 aromatic rings. The van der Waals surface area contributed by atoms with Crippen LogP contribution in [-0.4, -0.2) is 11.5 Å². The Morgan fingerprint density at radius 2 is 2.23 bits per heavy atom. The molecule has 0 saturated heterocycles. The third kappa shape index (κ3) is 1.45. The fourth-order valence-corrected chi connectivity index (χ4v) is 1.77. The predicted octanol–water partition coefficient (Wildman–Crippen LogP) is 1.98. The summed E-state index contributed by atoms with van der Waals surface area (Å²) in [5.41, 5.74) is 9.41. The van der Waals surface area contributed by atoms with Crippen LogP contribution >= 0.6 is 0 Å². The molecule has 0 aliphatic carbocycles. The molecule has 68 valence electrons. The molecule has 2 rings (SSSR count). The molecule has 13 heavy (non-hydrogen) atoms. The molecular weight excluding hydrogens is 160 g/mol. The Morgan fingerprint density at radius 1 is 1.38 bits per heavy atom. The largest absolute Gasteiger partial charge is 0.361 e. The fraction of sp³-hybridized carbons (Fsp3) is 0.273. The fourth-order valence-electron chi connectivity index (χ4n) is 1.77. The zero-order valence-corrected chi connectivity index (χ0v) is 7.80. The second-order valence-electron chi connectivity index (χ2n) is 3.40. The number of hydrogen-bond donors (Lipinski definition) is 2. The SMILES string of the molecule is Cc1cc(CCN)c2cc[nH]c2c1. The summed E-state index contributed by atoms with van der Waals surface area (Å²) in [6, 6.07) is 6.48. The number of nitrogens with one attached hydrogen (secondary N) is 1. The van der Waals surface area contributed by atoms with Crippen LogP contribution in [-0.2, 0) is 6.42 Å². The number of rotatable bonds is 2. The molecule has 3 N–H and O–H groups in total. The molecule has 1 heterocycles. The van der Waals surface area contributed by atoms with Gasteiger partial charge in [-0.15, -0.1) is 0 Å². The van der Waals surface area contributed by atoms with Crippen LogP contribution in [0.4, 0.5) is 0 Å². The first-order valence-corrected chi connectivity index (χ1v) is 4.58. The van der Waals surface area contributed by atoms with Gasteiger partial charge in [0.1, 0.15) is 0 Å². The standard InChI is InChI=1S/C11H14N2/c1-8-6-9(2-4-12)10-3-5-13-11(10)7-8/h3,5-7,13H,2,4,12H2,1H3. The molecule has 0 spiro atoms. The van der Waals surface area contributed by atoms with Crippen LogP contribution in [0, 0.1) is 6.92 Å². The minimum absolute atomic E-state index is 0.712. The maximum Gasteiger partial charge on any atom is 0.0459 e. The Labute approximate surface area is 77.8 Å². The number of aromatic amines is 1. The van der Waals surface area contributed by atoms with Gasteiger partial charge in [0.15, 0.2) is 0 Å². The monoisotopic (exact) mass is 174 g/mol. The molecule has 2 nitrogen and oxygen atoms in total. The van der Waals surface area contributed by atoms with Crippen molar-refractivity contribution in [3.05, 3.63) is 35.5 Å². The second-order valence-corrected chi connectivity index (χ2v) is 3.40. The molecule has 0 amide bonds. The average Bonchev–Trinajstić information content (AvgIpc) is 2.52. The third-order valence-corrected chi connectivity index (χ3v) is 2.31. The molecule has 0 saturated carbocycles. The van der Waals surface area contributed by atoms with Crippen molar-refractivity contribution in [2.24, 2.45) is 5.73 Å². The van der Waals surface area contributed by atoms with Gasteiger partial charge in [-0.05, 0) is 43.1 Å². The Bertz CT molecular complexity index is 415. The number of aromatic nitrogens is 1. The number of benzene rings is 1. The summed E-state index contributed by atoms with van der Waals surface area (Å²) in [7, 11) is 0. The summed E-state index contributed by atoms with van der Waals surface area (Å²) in [6.45, 7) is 2.82. The van der Waals surface area contributed by atoms with E-state index in [4.69, 9.17) is 5.73 Å². The number of hydrogen-bond acceptors (Lipinski definition) is 1. The van der Waals surface area contributed by atoms with Crippen LogP contribution in [0.1, 0.15) is 11.1 Å². The molecule has 0 unspecified atom stereocenters. The quantitative estimate of drug-likeness (QED) is 0.718. The summed E-state index contributed by atoms with van der Waals surface area (Å²) < 4.78 is 0. The Kier molecular flexibility index (Phi) is 2.07. The molecule has 0 aliphatic rings. The van der Waals surface area contributed by atoms with Crippen molar-refractivity contribution in [2.45, 2.75) is 13.3 Å². The van der Waals surface area contributed by atoms with E-state index < -0.39 is 0 Å².